The van der Waals surface area contributed by atoms with Gasteiger partial charge in [-0.15, -0.1) is 0 Å². The molecule has 0 atom stereocenters. The van der Waals surface area contributed by atoms with Crippen molar-refractivity contribution in [1.82, 2.24) is 0 Å². The number of hydrogen-bond donors (Lipinski definition) is 1. The van der Waals surface area contributed by atoms with Crippen molar-refractivity contribution in [2.45, 2.75) is 71.1 Å². The van der Waals surface area contributed by atoms with Crippen LogP contribution in [0.4, 0.5) is 11.4 Å². The highest BCUT2D eigenvalue weighted by atomic mass is 16.7. The van der Waals surface area contributed by atoms with Crippen LogP contribution in [-0.2, 0) is 9.63 Å². The van der Waals surface area contributed by atoms with Crippen molar-refractivity contribution in [2.75, 3.05) is 16.9 Å². The molecule has 0 unspecified atom stereocenters. The van der Waals surface area contributed by atoms with Gasteiger partial charge in [0.2, 0.25) is 0 Å². The zero-order chi connectivity index (χ0) is 26.1. The van der Waals surface area contributed by atoms with Crippen LogP contribution in [-0.4, -0.2) is 12.5 Å². The van der Waals surface area contributed by atoms with Crippen LogP contribution in [0.5, 0.6) is 0 Å². The topological polar surface area (TPSA) is 65.4 Å². The predicted octanol–water partition coefficient (Wildman–Crippen LogP) is 8.34. The largest absolute Gasteiger partial charge is 0.373 e. The first-order chi connectivity index (χ1) is 18.2. The first-order valence-electron chi connectivity index (χ1n) is 13.6. The number of para-hydroxylation sites is 2. The van der Waals surface area contributed by atoms with E-state index in [1.54, 1.807) is 18.2 Å². The number of anilines is 2. The van der Waals surface area contributed by atoms with Gasteiger partial charge in [0.05, 0.1) is 5.69 Å². The van der Waals surface area contributed by atoms with Gasteiger partial charge in [0.15, 0.2) is 0 Å². The predicted molar refractivity (Wildman–Crippen MR) is 153 cm³/mol. The molecule has 2 aromatic rings. The molecule has 1 aliphatic rings. The third-order valence-corrected chi connectivity index (χ3v) is 6.52. The Labute approximate surface area is 222 Å². The molecule has 0 bridgehead atoms. The monoisotopic (exact) mass is 497 g/mol. The molecule has 1 aliphatic heterocycles. The van der Waals surface area contributed by atoms with Crippen LogP contribution in [0.2, 0.25) is 0 Å². The minimum absolute atomic E-state index is 0.0744. The Bertz CT molecular complexity index is 1110. The Balaban J connectivity index is 1.52. The molecule has 0 spiro atoms. The van der Waals surface area contributed by atoms with Crippen molar-refractivity contribution in [3.8, 4) is 6.07 Å². The second-order valence-corrected chi connectivity index (χ2v) is 9.38. The quantitative estimate of drug-likeness (QED) is 0.116. The van der Waals surface area contributed by atoms with Crippen LogP contribution in [0.3, 0.4) is 0 Å². The van der Waals surface area contributed by atoms with E-state index in [1.807, 2.05) is 42.5 Å². The maximum atomic E-state index is 12.4. The third kappa shape index (κ3) is 9.31. The highest BCUT2D eigenvalue weighted by Crippen LogP contribution is 2.33. The second-order valence-electron chi connectivity index (χ2n) is 9.38. The molecule has 5 nitrogen and oxygen atoms in total. The van der Waals surface area contributed by atoms with E-state index >= 15 is 0 Å². The molecule has 0 radical (unpaired) electrons. The number of nitrogens with one attached hydrogen (secondary N) is 1. The summed E-state index contributed by atoms with van der Waals surface area (Å²) in [7, 11) is 0. The van der Waals surface area contributed by atoms with Gasteiger partial charge >= 0.3 is 5.97 Å². The Morgan fingerprint density at radius 1 is 0.919 bits per heavy atom. The number of carbonyl (C=O) groups is 1. The van der Waals surface area contributed by atoms with E-state index in [1.165, 1.54) is 63.9 Å². The number of hydrogen-bond acceptors (Lipinski definition) is 5. The van der Waals surface area contributed by atoms with Gasteiger partial charge in [-0.2, -0.15) is 5.26 Å². The summed E-state index contributed by atoms with van der Waals surface area (Å²) in [6.45, 7) is 3.24. The minimum atomic E-state index is -0.723. The molecule has 2 aromatic carbocycles. The van der Waals surface area contributed by atoms with Gasteiger partial charge in [-0.3, -0.25) is 0 Å². The SMILES string of the molecule is CCCCCCCCCCCCN1C=C/C(=C/C=C(\C#N)C(=O)ONc2ccccc2)c2ccccc21. The number of rotatable bonds is 15. The van der Waals surface area contributed by atoms with Gasteiger partial charge in [0, 0.05) is 24.0 Å². The molecule has 3 rings (SSSR count). The van der Waals surface area contributed by atoms with Crippen LogP contribution in [0.15, 0.2) is 84.6 Å². The van der Waals surface area contributed by atoms with Crippen molar-refractivity contribution < 1.29 is 9.63 Å². The fourth-order valence-corrected chi connectivity index (χ4v) is 4.41. The van der Waals surface area contributed by atoms with Gasteiger partial charge < -0.3 is 9.74 Å². The number of benzene rings is 2. The molecular formula is C32H39N3O2. The summed E-state index contributed by atoms with van der Waals surface area (Å²) in [5.74, 6) is -0.723. The summed E-state index contributed by atoms with van der Waals surface area (Å²) >= 11 is 0. The molecule has 0 fully saturated rings. The Hall–Kier alpha value is -3.78. The van der Waals surface area contributed by atoms with Crippen molar-refractivity contribution in [1.29, 1.82) is 5.26 Å². The summed E-state index contributed by atoms with van der Waals surface area (Å²) in [6, 6.07) is 19.3. The van der Waals surface area contributed by atoms with E-state index in [-0.39, 0.29) is 5.57 Å². The van der Waals surface area contributed by atoms with Crippen LogP contribution >= 0.6 is 0 Å². The molecule has 0 amide bonds. The molecule has 194 valence electrons. The van der Waals surface area contributed by atoms with Crippen molar-refractivity contribution in [2.24, 2.45) is 0 Å². The van der Waals surface area contributed by atoms with E-state index in [0.717, 1.165) is 29.8 Å². The molecule has 0 aromatic heterocycles. The van der Waals surface area contributed by atoms with Gasteiger partial charge in [-0.05, 0) is 42.3 Å². The van der Waals surface area contributed by atoms with Gasteiger partial charge in [0.25, 0.3) is 0 Å². The highest BCUT2D eigenvalue weighted by molar-refractivity contribution is 5.94. The molecule has 1 N–H and O–H groups in total. The van der Waals surface area contributed by atoms with Gasteiger partial charge in [-0.1, -0.05) is 107 Å². The average molecular weight is 498 g/mol. The number of nitriles is 1. The molecule has 37 heavy (non-hydrogen) atoms. The first kappa shape index (κ1) is 27.8. The van der Waals surface area contributed by atoms with Crippen molar-refractivity contribution in [3.05, 3.63) is 90.2 Å². The zero-order valence-electron chi connectivity index (χ0n) is 22.0. The number of unbranched alkanes of at least 4 members (excludes halogenated alkanes) is 9. The Morgan fingerprint density at radius 3 is 2.27 bits per heavy atom. The van der Waals surface area contributed by atoms with E-state index in [9.17, 15) is 10.1 Å². The summed E-state index contributed by atoms with van der Waals surface area (Å²) < 4.78 is 0. The molecule has 0 aliphatic carbocycles. The van der Waals surface area contributed by atoms with E-state index in [4.69, 9.17) is 4.84 Å². The van der Waals surface area contributed by atoms with E-state index in [0.29, 0.717) is 5.69 Å². The maximum absolute atomic E-state index is 12.4. The smallest absolute Gasteiger partial charge is 0.347 e. The molecular weight excluding hydrogens is 458 g/mol. The zero-order valence-corrected chi connectivity index (χ0v) is 22.0. The van der Waals surface area contributed by atoms with E-state index in [2.05, 4.69) is 35.6 Å². The Morgan fingerprint density at radius 2 is 1.57 bits per heavy atom. The maximum Gasteiger partial charge on any atom is 0.373 e. The number of nitrogens with zero attached hydrogens (tertiary/aromatic N) is 2. The fourth-order valence-electron chi connectivity index (χ4n) is 4.41. The number of carbonyl (C=O) groups excluding carboxylic acids is 1. The second kappa shape index (κ2) is 16.1. The summed E-state index contributed by atoms with van der Waals surface area (Å²) in [4.78, 5) is 19.7. The minimum Gasteiger partial charge on any atom is -0.347 e. The molecule has 0 saturated heterocycles. The van der Waals surface area contributed by atoms with Crippen molar-refractivity contribution >= 4 is 22.9 Å². The van der Waals surface area contributed by atoms with Crippen LogP contribution in [0.25, 0.3) is 5.57 Å². The lowest BCUT2D eigenvalue weighted by molar-refractivity contribution is -0.135. The first-order valence-corrected chi connectivity index (χ1v) is 13.6. The normalized spacial score (nSPS) is 13.8. The lowest BCUT2D eigenvalue weighted by atomic mass is 9.98. The number of allylic oxidation sites excluding steroid dienone is 4. The van der Waals surface area contributed by atoms with E-state index < -0.39 is 5.97 Å². The fraction of sp³-hybridized carbons (Fsp3) is 0.375. The average Bonchev–Trinajstić information content (AvgIpc) is 2.94. The van der Waals surface area contributed by atoms with Gasteiger partial charge in [-0.25, -0.2) is 10.3 Å². The van der Waals surface area contributed by atoms with Crippen LogP contribution < -0.4 is 10.4 Å². The third-order valence-electron chi connectivity index (χ3n) is 6.52. The number of fused-ring (bicyclic) bond motifs is 1. The van der Waals surface area contributed by atoms with Crippen molar-refractivity contribution in [3.63, 3.8) is 0 Å². The molecule has 0 saturated carbocycles. The van der Waals surface area contributed by atoms with Crippen LogP contribution in [0.1, 0.15) is 76.7 Å². The van der Waals surface area contributed by atoms with Gasteiger partial charge in [0.1, 0.15) is 11.6 Å². The summed E-state index contributed by atoms with van der Waals surface area (Å²) in [5.41, 5.74) is 6.32. The highest BCUT2D eigenvalue weighted by Gasteiger charge is 2.16. The molecule has 5 heteroatoms. The van der Waals surface area contributed by atoms with Crippen LogP contribution in [0, 0.1) is 11.3 Å². The lowest BCUT2D eigenvalue weighted by Gasteiger charge is -2.27. The summed E-state index contributed by atoms with van der Waals surface area (Å²) in [5, 5.41) is 9.48. The summed E-state index contributed by atoms with van der Waals surface area (Å²) in [6.07, 6.45) is 20.7. The standard InChI is InChI=1S/C32H39N3O2/c1-2-3-4-5-6-7-8-9-10-16-24-35-25-23-27(30-19-14-15-20-31(30)35)21-22-28(26-33)32(36)37-34-29-17-12-11-13-18-29/h11-15,17-23,25,34H,2-10,16,24H2,1H3/b27-21-,28-22+. The lowest BCUT2D eigenvalue weighted by Crippen LogP contribution is -2.21. The molecule has 1 heterocycles. The Kier molecular flexibility index (Phi) is 12.1.